The number of benzene rings is 1. The minimum absolute atomic E-state index is 0.0254. The molecule has 1 aliphatic heterocycles. The van der Waals surface area contributed by atoms with E-state index < -0.39 is 22.5 Å². The summed E-state index contributed by atoms with van der Waals surface area (Å²) in [6, 6.07) is 9.79. The second-order valence-corrected chi connectivity index (χ2v) is 9.70. The maximum atomic E-state index is 13.3. The van der Waals surface area contributed by atoms with Gasteiger partial charge in [-0.25, -0.2) is 9.59 Å². The zero-order chi connectivity index (χ0) is 20.4. The monoisotopic (exact) mass is 402 g/mol. The minimum Gasteiger partial charge on any atom is -0.421 e. The van der Waals surface area contributed by atoms with Gasteiger partial charge in [0, 0.05) is 24.5 Å². The van der Waals surface area contributed by atoms with E-state index in [4.69, 9.17) is 9.47 Å². The van der Waals surface area contributed by atoms with Crippen LogP contribution in [0.15, 0.2) is 43.0 Å². The molecule has 2 fully saturated rings. The summed E-state index contributed by atoms with van der Waals surface area (Å²) in [6.07, 6.45) is 4.31. The van der Waals surface area contributed by atoms with Crippen molar-refractivity contribution in [3.63, 3.8) is 0 Å². The molecule has 0 radical (unpaired) electrons. The van der Waals surface area contributed by atoms with Crippen LogP contribution in [0.1, 0.15) is 52.0 Å². The number of hydrogen-bond acceptors (Lipinski definition) is 5. The van der Waals surface area contributed by atoms with Gasteiger partial charge in [-0.1, -0.05) is 57.2 Å². The van der Waals surface area contributed by atoms with Crippen LogP contribution in [-0.2, 0) is 24.8 Å². The van der Waals surface area contributed by atoms with Crippen molar-refractivity contribution in [2.45, 2.75) is 62.7 Å². The van der Waals surface area contributed by atoms with Crippen molar-refractivity contribution >= 4 is 23.7 Å². The highest BCUT2D eigenvalue weighted by Crippen LogP contribution is 2.50. The molecule has 1 spiro atoms. The van der Waals surface area contributed by atoms with Crippen LogP contribution in [-0.4, -0.2) is 22.5 Å². The first-order valence-corrected chi connectivity index (χ1v) is 11.1. The minimum atomic E-state index is -1.38. The summed E-state index contributed by atoms with van der Waals surface area (Å²) < 4.78 is 10.7. The van der Waals surface area contributed by atoms with Crippen LogP contribution in [0.2, 0.25) is 0 Å². The molecular formula is C23H30O4S. The number of ether oxygens (including phenoxy) is 2. The molecule has 0 bridgehead atoms. The maximum absolute atomic E-state index is 13.3. The summed E-state index contributed by atoms with van der Waals surface area (Å²) in [5.41, 5.74) is 1.04. The van der Waals surface area contributed by atoms with E-state index in [9.17, 15) is 9.59 Å². The molecule has 0 N–H and O–H groups in total. The van der Waals surface area contributed by atoms with Gasteiger partial charge < -0.3 is 9.47 Å². The summed E-state index contributed by atoms with van der Waals surface area (Å²) in [6.45, 7) is 10.1. The van der Waals surface area contributed by atoms with E-state index >= 15 is 0 Å². The molecule has 3 rings (SSSR count). The van der Waals surface area contributed by atoms with Crippen molar-refractivity contribution in [2.24, 2.45) is 17.8 Å². The SMILES string of the molecule is C=CCC1(SCc2ccccc2)C(=O)OC2(C[C@@H](C)CC[C@@H]2C(C)C)OC1=O. The molecule has 1 aliphatic carbocycles. The Labute approximate surface area is 172 Å². The lowest BCUT2D eigenvalue weighted by Gasteiger charge is -2.50. The molecule has 1 saturated heterocycles. The lowest BCUT2D eigenvalue weighted by atomic mass is 9.72. The highest BCUT2D eigenvalue weighted by atomic mass is 32.2. The van der Waals surface area contributed by atoms with Crippen molar-refractivity contribution in [3.8, 4) is 0 Å². The van der Waals surface area contributed by atoms with E-state index in [1.807, 2.05) is 30.3 Å². The summed E-state index contributed by atoms with van der Waals surface area (Å²) >= 11 is 1.28. The Hall–Kier alpha value is -1.75. The van der Waals surface area contributed by atoms with Crippen LogP contribution in [0.4, 0.5) is 0 Å². The van der Waals surface area contributed by atoms with Crippen molar-refractivity contribution < 1.29 is 19.1 Å². The quantitative estimate of drug-likeness (QED) is 0.375. The fourth-order valence-electron chi connectivity index (χ4n) is 4.41. The van der Waals surface area contributed by atoms with Gasteiger partial charge in [-0.3, -0.25) is 0 Å². The Morgan fingerprint density at radius 1 is 1.18 bits per heavy atom. The number of esters is 2. The normalized spacial score (nSPS) is 32.9. The molecule has 1 aromatic carbocycles. The van der Waals surface area contributed by atoms with Crippen LogP contribution in [0.25, 0.3) is 0 Å². The van der Waals surface area contributed by atoms with Crippen LogP contribution in [0.5, 0.6) is 0 Å². The predicted molar refractivity (Wildman–Crippen MR) is 112 cm³/mol. The summed E-state index contributed by atoms with van der Waals surface area (Å²) in [4.78, 5) is 26.6. The van der Waals surface area contributed by atoms with Gasteiger partial charge in [0.1, 0.15) is 0 Å². The third-order valence-electron chi connectivity index (χ3n) is 5.92. The fourth-order valence-corrected chi connectivity index (χ4v) is 5.57. The third-order valence-corrected chi connectivity index (χ3v) is 7.39. The standard InChI is InChI=1S/C23H30O4S/c1-5-13-22(28-15-18-9-7-6-8-10-18)20(24)26-23(27-21(22)25)14-17(4)11-12-19(23)16(2)3/h5-10,16-17,19H,1,11-15H2,2-4H3/t17-,19+,22?,23?/m0/s1. The second kappa shape index (κ2) is 8.32. The summed E-state index contributed by atoms with van der Waals surface area (Å²) in [7, 11) is 0. The number of rotatable bonds is 6. The molecule has 0 amide bonds. The number of hydrogen-bond donors (Lipinski definition) is 0. The van der Waals surface area contributed by atoms with Crippen molar-refractivity contribution in [1.29, 1.82) is 0 Å². The van der Waals surface area contributed by atoms with Gasteiger partial charge in [0.25, 0.3) is 5.79 Å². The predicted octanol–water partition coefficient (Wildman–Crippen LogP) is 5.12. The zero-order valence-corrected chi connectivity index (χ0v) is 17.8. The van der Waals surface area contributed by atoms with Crippen LogP contribution in [0.3, 0.4) is 0 Å². The fraction of sp³-hybridized carbons (Fsp3) is 0.565. The van der Waals surface area contributed by atoms with E-state index in [0.717, 1.165) is 18.4 Å². The highest BCUT2D eigenvalue weighted by molar-refractivity contribution is 8.01. The van der Waals surface area contributed by atoms with E-state index in [1.165, 1.54) is 11.8 Å². The molecule has 2 atom stereocenters. The van der Waals surface area contributed by atoms with Gasteiger partial charge in [-0.05, 0) is 30.2 Å². The summed E-state index contributed by atoms with van der Waals surface area (Å²) in [5, 5.41) is 0. The number of allylic oxidation sites excluding steroid dienone is 1. The van der Waals surface area contributed by atoms with Gasteiger partial charge in [0.2, 0.25) is 4.75 Å². The largest absolute Gasteiger partial charge is 0.421 e. The van der Waals surface area contributed by atoms with E-state index in [0.29, 0.717) is 18.1 Å². The molecule has 1 heterocycles. The molecular weight excluding hydrogens is 372 g/mol. The number of carbonyl (C=O) groups is 2. The first-order chi connectivity index (χ1) is 13.3. The van der Waals surface area contributed by atoms with E-state index in [1.54, 1.807) is 6.08 Å². The lowest BCUT2D eigenvalue weighted by Crippen LogP contribution is -2.63. The van der Waals surface area contributed by atoms with E-state index in [2.05, 4.69) is 27.4 Å². The topological polar surface area (TPSA) is 52.6 Å². The Balaban J connectivity index is 1.87. The smallest absolute Gasteiger partial charge is 0.337 e. The molecule has 0 aromatic heterocycles. The number of thioether (sulfide) groups is 1. The lowest BCUT2D eigenvalue weighted by molar-refractivity contribution is -0.285. The molecule has 28 heavy (non-hydrogen) atoms. The first-order valence-electron chi connectivity index (χ1n) is 10.1. The highest BCUT2D eigenvalue weighted by Gasteiger charge is 2.62. The van der Waals surface area contributed by atoms with Crippen molar-refractivity contribution in [1.82, 2.24) is 0 Å². The molecule has 5 heteroatoms. The Bertz CT molecular complexity index is 709. The molecule has 1 saturated carbocycles. The maximum Gasteiger partial charge on any atom is 0.337 e. The molecule has 0 unspecified atom stereocenters. The Morgan fingerprint density at radius 2 is 1.82 bits per heavy atom. The molecule has 152 valence electrons. The number of carbonyl (C=O) groups excluding carboxylic acids is 2. The molecule has 2 aliphatic rings. The Kier molecular flexibility index (Phi) is 6.23. The summed E-state index contributed by atoms with van der Waals surface area (Å²) in [5.74, 6) is -0.934. The average Bonchev–Trinajstić information content (AvgIpc) is 2.64. The second-order valence-electron chi connectivity index (χ2n) is 8.42. The van der Waals surface area contributed by atoms with Crippen LogP contribution >= 0.6 is 11.8 Å². The zero-order valence-electron chi connectivity index (χ0n) is 17.0. The third kappa shape index (κ3) is 3.86. The van der Waals surface area contributed by atoms with E-state index in [-0.39, 0.29) is 18.3 Å². The van der Waals surface area contributed by atoms with Crippen molar-refractivity contribution in [2.75, 3.05) is 0 Å². The van der Waals surface area contributed by atoms with Gasteiger partial charge in [0.05, 0.1) is 0 Å². The van der Waals surface area contributed by atoms with Crippen molar-refractivity contribution in [3.05, 3.63) is 48.6 Å². The average molecular weight is 403 g/mol. The van der Waals surface area contributed by atoms with Crippen LogP contribution < -0.4 is 0 Å². The molecule has 1 aromatic rings. The van der Waals surface area contributed by atoms with Gasteiger partial charge in [-0.15, -0.1) is 18.3 Å². The van der Waals surface area contributed by atoms with Gasteiger partial charge >= 0.3 is 11.9 Å². The Morgan fingerprint density at radius 3 is 2.39 bits per heavy atom. The van der Waals surface area contributed by atoms with Gasteiger partial charge in [-0.2, -0.15) is 0 Å². The van der Waals surface area contributed by atoms with Gasteiger partial charge in [0.15, 0.2) is 0 Å². The first kappa shape index (κ1) is 21.0. The molecule has 4 nitrogen and oxygen atoms in total. The van der Waals surface area contributed by atoms with Crippen LogP contribution in [0, 0.1) is 17.8 Å².